The molecule has 1 atom stereocenters. The third-order valence-electron chi connectivity index (χ3n) is 3.51. The Hall–Kier alpha value is -2.08. The molecule has 1 aromatic carbocycles. The van der Waals surface area contributed by atoms with E-state index in [0.29, 0.717) is 13.1 Å². The molecule has 5 nitrogen and oxygen atoms in total. The molecule has 0 aliphatic heterocycles. The van der Waals surface area contributed by atoms with Crippen molar-refractivity contribution < 1.29 is 4.79 Å². The van der Waals surface area contributed by atoms with Crippen molar-refractivity contribution >= 4 is 23.1 Å². The second-order valence-corrected chi connectivity index (χ2v) is 7.10. The van der Waals surface area contributed by atoms with Crippen LogP contribution in [0.15, 0.2) is 30.5 Å². The van der Waals surface area contributed by atoms with Gasteiger partial charge in [-0.1, -0.05) is 19.1 Å². The van der Waals surface area contributed by atoms with E-state index in [0.717, 1.165) is 16.3 Å². The summed E-state index contributed by atoms with van der Waals surface area (Å²) in [6.07, 6.45) is 1.87. The third-order valence-corrected chi connectivity index (χ3v) is 4.65. The maximum absolute atomic E-state index is 11.9. The minimum atomic E-state index is -0.152. The number of hydrogen-bond acceptors (Lipinski definition) is 4. The van der Waals surface area contributed by atoms with E-state index in [1.54, 1.807) is 11.3 Å². The molecule has 1 aromatic heterocycles. The Morgan fingerprint density at radius 3 is 2.78 bits per heavy atom. The van der Waals surface area contributed by atoms with Crippen molar-refractivity contribution in [2.75, 3.05) is 25.5 Å². The fourth-order valence-electron chi connectivity index (χ4n) is 2.12. The molecule has 0 saturated heterocycles. The van der Waals surface area contributed by atoms with Crippen LogP contribution in [0, 0.1) is 6.92 Å². The molecule has 0 fully saturated rings. The van der Waals surface area contributed by atoms with Crippen LogP contribution < -0.4 is 15.5 Å². The predicted octanol–water partition coefficient (Wildman–Crippen LogP) is 3.12. The number of rotatable bonds is 6. The summed E-state index contributed by atoms with van der Waals surface area (Å²) in [7, 11) is 4.00. The number of aromatic nitrogens is 1. The van der Waals surface area contributed by atoms with Gasteiger partial charge in [0.2, 0.25) is 0 Å². The highest BCUT2D eigenvalue weighted by Crippen LogP contribution is 2.20. The van der Waals surface area contributed by atoms with Crippen LogP contribution in [0.4, 0.5) is 10.5 Å². The van der Waals surface area contributed by atoms with Crippen molar-refractivity contribution in [2.24, 2.45) is 0 Å². The molecule has 0 unspecified atom stereocenters. The maximum atomic E-state index is 11.9. The number of amides is 2. The molecule has 124 valence electrons. The summed E-state index contributed by atoms with van der Waals surface area (Å²) in [5, 5.41) is 6.85. The van der Waals surface area contributed by atoms with Gasteiger partial charge in [-0.2, -0.15) is 0 Å². The zero-order chi connectivity index (χ0) is 16.8. The van der Waals surface area contributed by atoms with Crippen LogP contribution >= 0.6 is 11.3 Å². The number of benzene rings is 1. The van der Waals surface area contributed by atoms with Crippen molar-refractivity contribution in [3.8, 4) is 0 Å². The van der Waals surface area contributed by atoms with E-state index < -0.39 is 0 Å². The summed E-state index contributed by atoms with van der Waals surface area (Å²) in [5.41, 5.74) is 2.20. The van der Waals surface area contributed by atoms with Gasteiger partial charge in [0.25, 0.3) is 0 Å². The smallest absolute Gasteiger partial charge is 0.315 e. The number of nitrogens with zero attached hydrogens (tertiary/aromatic N) is 2. The first-order valence-electron chi connectivity index (χ1n) is 7.66. The quantitative estimate of drug-likeness (QED) is 0.854. The molecular weight excluding hydrogens is 308 g/mol. The fourth-order valence-corrected chi connectivity index (χ4v) is 2.95. The molecule has 0 spiro atoms. The second-order valence-electron chi connectivity index (χ2n) is 5.84. The van der Waals surface area contributed by atoms with Gasteiger partial charge in [0, 0.05) is 49.9 Å². The lowest BCUT2D eigenvalue weighted by molar-refractivity contribution is 0.240. The van der Waals surface area contributed by atoms with E-state index in [2.05, 4.69) is 28.6 Å². The lowest BCUT2D eigenvalue weighted by Gasteiger charge is -2.14. The lowest BCUT2D eigenvalue weighted by atomic mass is 10.2. The molecule has 2 rings (SSSR count). The topological polar surface area (TPSA) is 57.3 Å². The largest absolute Gasteiger partial charge is 0.378 e. The van der Waals surface area contributed by atoms with Crippen molar-refractivity contribution in [1.29, 1.82) is 0 Å². The van der Waals surface area contributed by atoms with E-state index in [1.165, 1.54) is 4.88 Å². The van der Waals surface area contributed by atoms with E-state index in [9.17, 15) is 4.79 Å². The minimum Gasteiger partial charge on any atom is -0.378 e. The van der Waals surface area contributed by atoms with Crippen LogP contribution in [0.25, 0.3) is 0 Å². The molecule has 2 N–H and O–H groups in total. The molecule has 0 radical (unpaired) electrons. The summed E-state index contributed by atoms with van der Waals surface area (Å²) >= 11 is 1.67. The Balaban J connectivity index is 1.78. The van der Waals surface area contributed by atoms with Crippen LogP contribution in [0.5, 0.6) is 0 Å². The van der Waals surface area contributed by atoms with Gasteiger partial charge in [-0.25, -0.2) is 9.78 Å². The Morgan fingerprint density at radius 2 is 2.13 bits per heavy atom. The molecule has 2 aromatic rings. The SMILES string of the molecule is Cc1cnc([C@H](C)CNC(=O)NCc2cccc(N(C)C)c2)s1. The predicted molar refractivity (Wildman–Crippen MR) is 96.3 cm³/mol. The van der Waals surface area contributed by atoms with E-state index >= 15 is 0 Å². The van der Waals surface area contributed by atoms with Gasteiger partial charge in [0.15, 0.2) is 0 Å². The molecular formula is C17H24N4OS. The number of aryl methyl sites for hydroxylation is 1. The maximum Gasteiger partial charge on any atom is 0.315 e. The van der Waals surface area contributed by atoms with Gasteiger partial charge in [0.05, 0.1) is 5.01 Å². The van der Waals surface area contributed by atoms with Crippen LogP contribution in [0.3, 0.4) is 0 Å². The van der Waals surface area contributed by atoms with Gasteiger partial charge >= 0.3 is 6.03 Å². The Labute approximate surface area is 141 Å². The summed E-state index contributed by atoms with van der Waals surface area (Å²) in [5.74, 6) is 0.219. The number of carbonyl (C=O) groups is 1. The zero-order valence-corrected chi connectivity index (χ0v) is 14.9. The normalized spacial score (nSPS) is 11.8. The first kappa shape index (κ1) is 17.3. The standard InChI is InChI=1S/C17H24N4OS/c1-12(16-18-10-13(2)23-16)9-19-17(22)20-11-14-6-5-7-15(8-14)21(3)4/h5-8,10,12H,9,11H2,1-4H3,(H2,19,20,22)/t12-/m1/s1. The average Bonchev–Trinajstić information content (AvgIpc) is 2.97. The first-order valence-corrected chi connectivity index (χ1v) is 8.47. The lowest BCUT2D eigenvalue weighted by Crippen LogP contribution is -2.37. The molecule has 0 bridgehead atoms. The first-order chi connectivity index (χ1) is 11.0. The summed E-state index contributed by atoms with van der Waals surface area (Å²) in [4.78, 5) is 19.5. The van der Waals surface area contributed by atoms with Gasteiger partial charge in [-0.15, -0.1) is 11.3 Å². The zero-order valence-electron chi connectivity index (χ0n) is 14.1. The number of urea groups is 1. The molecule has 1 heterocycles. The number of carbonyl (C=O) groups excluding carboxylic acids is 1. The van der Waals surface area contributed by atoms with Crippen LogP contribution in [-0.2, 0) is 6.54 Å². The summed E-state index contributed by atoms with van der Waals surface area (Å²) < 4.78 is 0. The molecule has 23 heavy (non-hydrogen) atoms. The Morgan fingerprint density at radius 1 is 1.35 bits per heavy atom. The van der Waals surface area contributed by atoms with Crippen LogP contribution in [-0.4, -0.2) is 31.7 Å². The van der Waals surface area contributed by atoms with E-state index in [4.69, 9.17) is 0 Å². The minimum absolute atomic E-state index is 0.152. The highest BCUT2D eigenvalue weighted by molar-refractivity contribution is 7.11. The van der Waals surface area contributed by atoms with Gasteiger partial charge < -0.3 is 15.5 Å². The fraction of sp³-hybridized carbons (Fsp3) is 0.412. The van der Waals surface area contributed by atoms with Gasteiger partial charge in [-0.05, 0) is 24.6 Å². The number of anilines is 1. The summed E-state index contributed by atoms with van der Waals surface area (Å²) in [6.45, 7) is 5.20. The molecule has 6 heteroatoms. The van der Waals surface area contributed by atoms with Crippen LogP contribution in [0.2, 0.25) is 0 Å². The monoisotopic (exact) mass is 332 g/mol. The van der Waals surface area contributed by atoms with Crippen molar-refractivity contribution in [3.05, 3.63) is 45.9 Å². The molecule has 0 saturated carbocycles. The van der Waals surface area contributed by atoms with E-state index in [1.807, 2.05) is 50.3 Å². The van der Waals surface area contributed by atoms with Gasteiger partial charge in [0.1, 0.15) is 0 Å². The third kappa shape index (κ3) is 5.25. The Kier molecular flexibility index (Phi) is 5.98. The molecule has 0 aliphatic carbocycles. The second kappa shape index (κ2) is 7.97. The highest BCUT2D eigenvalue weighted by atomic mass is 32.1. The van der Waals surface area contributed by atoms with Crippen molar-refractivity contribution in [2.45, 2.75) is 26.3 Å². The molecule has 2 amide bonds. The number of thiazole rings is 1. The van der Waals surface area contributed by atoms with Crippen LogP contribution in [0.1, 0.15) is 28.3 Å². The van der Waals surface area contributed by atoms with Crippen molar-refractivity contribution in [3.63, 3.8) is 0 Å². The van der Waals surface area contributed by atoms with Gasteiger partial charge in [-0.3, -0.25) is 0 Å². The molecule has 0 aliphatic rings. The average molecular weight is 332 g/mol. The Bertz CT molecular complexity index is 654. The summed E-state index contributed by atoms with van der Waals surface area (Å²) in [6, 6.07) is 7.97. The van der Waals surface area contributed by atoms with Crippen molar-refractivity contribution in [1.82, 2.24) is 15.6 Å². The van der Waals surface area contributed by atoms with E-state index in [-0.39, 0.29) is 11.9 Å². The number of hydrogen-bond donors (Lipinski definition) is 2. The number of nitrogens with one attached hydrogen (secondary N) is 2. The highest BCUT2D eigenvalue weighted by Gasteiger charge is 2.11.